The summed E-state index contributed by atoms with van der Waals surface area (Å²) in [6, 6.07) is 0.534. The maximum absolute atomic E-state index is 9.82. The maximum atomic E-state index is 9.82. The molecule has 0 aromatic heterocycles. The molecule has 3 unspecified atom stereocenters. The molecule has 0 aromatic carbocycles. The SMILES string of the molecule is CCCCOCC(O)CNC1CCN(C)CC1C. The molecule has 4 nitrogen and oxygen atoms in total. The molecular formula is C14H30N2O2. The summed E-state index contributed by atoms with van der Waals surface area (Å²) in [6.45, 7) is 8.56. The Hall–Kier alpha value is -0.160. The van der Waals surface area contributed by atoms with E-state index < -0.39 is 0 Å². The second kappa shape index (κ2) is 8.86. The molecule has 0 bridgehead atoms. The zero-order chi connectivity index (χ0) is 13.4. The molecule has 1 rings (SSSR count). The fourth-order valence-electron chi connectivity index (χ4n) is 2.47. The van der Waals surface area contributed by atoms with Gasteiger partial charge in [0.2, 0.25) is 0 Å². The van der Waals surface area contributed by atoms with E-state index >= 15 is 0 Å². The number of hydrogen-bond donors (Lipinski definition) is 2. The maximum Gasteiger partial charge on any atom is 0.0897 e. The molecule has 108 valence electrons. The van der Waals surface area contributed by atoms with E-state index in [-0.39, 0.29) is 6.10 Å². The zero-order valence-corrected chi connectivity index (χ0v) is 12.2. The largest absolute Gasteiger partial charge is 0.389 e. The lowest BCUT2D eigenvalue weighted by atomic mass is 9.94. The van der Waals surface area contributed by atoms with Crippen molar-refractivity contribution in [2.24, 2.45) is 5.92 Å². The molecule has 4 heteroatoms. The topological polar surface area (TPSA) is 44.7 Å². The molecule has 0 aromatic rings. The highest BCUT2D eigenvalue weighted by Crippen LogP contribution is 2.15. The van der Waals surface area contributed by atoms with E-state index in [2.05, 4.69) is 31.1 Å². The Balaban J connectivity index is 2.08. The Labute approximate surface area is 112 Å². The number of likely N-dealkylation sites (tertiary alicyclic amines) is 1. The number of nitrogens with zero attached hydrogens (tertiary/aromatic N) is 1. The van der Waals surface area contributed by atoms with Gasteiger partial charge in [-0.25, -0.2) is 0 Å². The lowest BCUT2D eigenvalue weighted by Gasteiger charge is -2.35. The predicted molar refractivity (Wildman–Crippen MR) is 74.8 cm³/mol. The van der Waals surface area contributed by atoms with Crippen LogP contribution >= 0.6 is 0 Å². The minimum Gasteiger partial charge on any atom is -0.389 e. The van der Waals surface area contributed by atoms with E-state index in [4.69, 9.17) is 4.74 Å². The van der Waals surface area contributed by atoms with Crippen molar-refractivity contribution < 1.29 is 9.84 Å². The fraction of sp³-hybridized carbons (Fsp3) is 1.00. The van der Waals surface area contributed by atoms with Crippen LogP contribution in [0.2, 0.25) is 0 Å². The highest BCUT2D eigenvalue weighted by atomic mass is 16.5. The Kier molecular flexibility index (Phi) is 7.82. The van der Waals surface area contributed by atoms with Crippen molar-refractivity contribution in [1.82, 2.24) is 10.2 Å². The zero-order valence-electron chi connectivity index (χ0n) is 12.2. The highest BCUT2D eigenvalue weighted by molar-refractivity contribution is 4.82. The predicted octanol–water partition coefficient (Wildman–Crippen LogP) is 1.09. The molecule has 1 aliphatic rings. The molecule has 0 spiro atoms. The quantitative estimate of drug-likeness (QED) is 0.640. The summed E-state index contributed by atoms with van der Waals surface area (Å²) in [7, 11) is 2.17. The number of ether oxygens (including phenoxy) is 1. The first-order valence-corrected chi connectivity index (χ1v) is 7.31. The van der Waals surface area contributed by atoms with Crippen LogP contribution in [-0.4, -0.2) is 62.0 Å². The number of unbranched alkanes of at least 4 members (excludes halogenated alkanes) is 1. The summed E-state index contributed by atoms with van der Waals surface area (Å²) in [5.74, 6) is 0.650. The minimum atomic E-state index is -0.381. The first-order chi connectivity index (χ1) is 8.63. The van der Waals surface area contributed by atoms with Crippen LogP contribution < -0.4 is 5.32 Å². The van der Waals surface area contributed by atoms with Gasteiger partial charge in [0.25, 0.3) is 0 Å². The molecule has 0 radical (unpaired) electrons. The van der Waals surface area contributed by atoms with Gasteiger partial charge in [-0.15, -0.1) is 0 Å². The molecule has 1 heterocycles. The highest BCUT2D eigenvalue weighted by Gasteiger charge is 2.24. The summed E-state index contributed by atoms with van der Waals surface area (Å²) in [4.78, 5) is 2.37. The number of piperidine rings is 1. The number of rotatable bonds is 8. The molecule has 0 amide bonds. The van der Waals surface area contributed by atoms with Crippen LogP contribution in [0.25, 0.3) is 0 Å². The van der Waals surface area contributed by atoms with E-state index in [0.717, 1.165) is 32.5 Å². The van der Waals surface area contributed by atoms with Gasteiger partial charge in [0, 0.05) is 25.7 Å². The molecular weight excluding hydrogens is 228 g/mol. The third kappa shape index (κ3) is 6.14. The van der Waals surface area contributed by atoms with E-state index in [1.807, 2.05) is 0 Å². The lowest BCUT2D eigenvalue weighted by molar-refractivity contribution is 0.0317. The number of aliphatic hydroxyl groups excluding tert-OH is 1. The van der Waals surface area contributed by atoms with Gasteiger partial charge in [-0.2, -0.15) is 0 Å². The van der Waals surface area contributed by atoms with Crippen LogP contribution in [0.4, 0.5) is 0 Å². The fourth-order valence-corrected chi connectivity index (χ4v) is 2.47. The molecule has 3 atom stereocenters. The van der Waals surface area contributed by atoms with Crippen molar-refractivity contribution in [1.29, 1.82) is 0 Å². The number of hydrogen-bond acceptors (Lipinski definition) is 4. The molecule has 1 saturated heterocycles. The van der Waals surface area contributed by atoms with E-state index in [0.29, 0.717) is 25.1 Å². The third-order valence-electron chi connectivity index (χ3n) is 3.68. The average Bonchev–Trinajstić information content (AvgIpc) is 2.33. The summed E-state index contributed by atoms with van der Waals surface area (Å²) in [5, 5.41) is 13.3. The Bertz CT molecular complexity index is 214. The van der Waals surface area contributed by atoms with Crippen molar-refractivity contribution in [3.8, 4) is 0 Å². The molecule has 2 N–H and O–H groups in total. The molecule has 0 saturated carbocycles. The van der Waals surface area contributed by atoms with Gasteiger partial charge in [-0.3, -0.25) is 0 Å². The summed E-state index contributed by atoms with van der Waals surface area (Å²) < 4.78 is 5.42. The first kappa shape index (κ1) is 15.9. The van der Waals surface area contributed by atoms with Crippen molar-refractivity contribution >= 4 is 0 Å². The van der Waals surface area contributed by atoms with E-state index in [9.17, 15) is 5.11 Å². The van der Waals surface area contributed by atoms with Crippen molar-refractivity contribution in [3.05, 3.63) is 0 Å². The molecule has 0 aliphatic carbocycles. The van der Waals surface area contributed by atoms with Gasteiger partial charge >= 0.3 is 0 Å². The van der Waals surface area contributed by atoms with Gasteiger partial charge in [-0.1, -0.05) is 20.3 Å². The van der Waals surface area contributed by atoms with Crippen LogP contribution in [0, 0.1) is 5.92 Å². The van der Waals surface area contributed by atoms with Gasteiger partial charge in [0.15, 0.2) is 0 Å². The Morgan fingerprint density at radius 1 is 1.50 bits per heavy atom. The van der Waals surface area contributed by atoms with Crippen molar-refractivity contribution in [2.45, 2.75) is 45.3 Å². The van der Waals surface area contributed by atoms with Crippen molar-refractivity contribution in [3.63, 3.8) is 0 Å². The van der Waals surface area contributed by atoms with Crippen LogP contribution in [0.1, 0.15) is 33.1 Å². The van der Waals surface area contributed by atoms with Crippen LogP contribution in [-0.2, 0) is 4.74 Å². The van der Waals surface area contributed by atoms with Crippen LogP contribution in [0.3, 0.4) is 0 Å². The van der Waals surface area contributed by atoms with Crippen LogP contribution in [0.5, 0.6) is 0 Å². The molecule has 18 heavy (non-hydrogen) atoms. The van der Waals surface area contributed by atoms with Gasteiger partial charge in [-0.05, 0) is 32.4 Å². The lowest BCUT2D eigenvalue weighted by Crippen LogP contribution is -2.49. The summed E-state index contributed by atoms with van der Waals surface area (Å²) in [6.07, 6.45) is 3.00. The van der Waals surface area contributed by atoms with E-state index in [1.165, 1.54) is 6.42 Å². The van der Waals surface area contributed by atoms with Crippen LogP contribution in [0.15, 0.2) is 0 Å². The third-order valence-corrected chi connectivity index (χ3v) is 3.68. The number of aliphatic hydroxyl groups is 1. The Morgan fingerprint density at radius 3 is 2.94 bits per heavy atom. The average molecular weight is 258 g/mol. The van der Waals surface area contributed by atoms with E-state index in [1.54, 1.807) is 0 Å². The smallest absolute Gasteiger partial charge is 0.0897 e. The second-order valence-electron chi connectivity index (χ2n) is 5.63. The van der Waals surface area contributed by atoms with Gasteiger partial charge in [0.1, 0.15) is 0 Å². The second-order valence-corrected chi connectivity index (χ2v) is 5.63. The Morgan fingerprint density at radius 2 is 2.28 bits per heavy atom. The van der Waals surface area contributed by atoms with Gasteiger partial charge in [0.05, 0.1) is 12.7 Å². The normalized spacial score (nSPS) is 27.3. The van der Waals surface area contributed by atoms with Crippen molar-refractivity contribution in [2.75, 3.05) is 39.9 Å². The molecule has 1 aliphatic heterocycles. The number of nitrogens with one attached hydrogen (secondary N) is 1. The molecule has 1 fully saturated rings. The minimum absolute atomic E-state index is 0.381. The standard InChI is InChI=1S/C14H30N2O2/c1-4-5-8-18-11-13(17)9-15-14-6-7-16(3)10-12(14)2/h12-15,17H,4-11H2,1-3H3. The monoisotopic (exact) mass is 258 g/mol. The first-order valence-electron chi connectivity index (χ1n) is 7.31. The summed E-state index contributed by atoms with van der Waals surface area (Å²) >= 11 is 0. The van der Waals surface area contributed by atoms with Gasteiger partial charge < -0.3 is 20.1 Å². The summed E-state index contributed by atoms with van der Waals surface area (Å²) in [5.41, 5.74) is 0.